The normalized spacial score (nSPS) is 14.1. The van der Waals surface area contributed by atoms with E-state index < -0.39 is 0 Å². The third-order valence-electron chi connectivity index (χ3n) is 3.31. The summed E-state index contributed by atoms with van der Waals surface area (Å²) >= 11 is 1.46. The average molecular weight is 289 g/mol. The van der Waals surface area contributed by atoms with Gasteiger partial charge in [0.1, 0.15) is 0 Å². The molecule has 0 spiro atoms. The summed E-state index contributed by atoms with van der Waals surface area (Å²) in [5, 5.41) is 4.93. The Morgan fingerprint density at radius 3 is 2.85 bits per heavy atom. The number of hydrogen-bond acceptors (Lipinski definition) is 4. The standard InChI is InChI=1S/C15H15NO3S/c1-9-5-6-20-14(9)15(17)16-10(2)11-3-4-12-13(7-11)19-8-18-12/h3-7,10H,8H2,1-2H3,(H,16,17)/t10-/m0/s1. The third-order valence-corrected chi connectivity index (χ3v) is 4.33. The van der Waals surface area contributed by atoms with Gasteiger partial charge in [-0.25, -0.2) is 0 Å². The van der Waals surface area contributed by atoms with Gasteiger partial charge in [0.2, 0.25) is 6.79 Å². The number of carbonyl (C=O) groups excluding carboxylic acids is 1. The molecule has 2 heterocycles. The van der Waals surface area contributed by atoms with E-state index in [1.54, 1.807) is 0 Å². The van der Waals surface area contributed by atoms with E-state index >= 15 is 0 Å². The predicted molar refractivity (Wildman–Crippen MR) is 77.5 cm³/mol. The molecule has 1 aromatic carbocycles. The maximum Gasteiger partial charge on any atom is 0.262 e. The molecule has 1 aliphatic rings. The zero-order chi connectivity index (χ0) is 14.1. The zero-order valence-electron chi connectivity index (χ0n) is 11.3. The lowest BCUT2D eigenvalue weighted by Gasteiger charge is -2.14. The Balaban J connectivity index is 1.75. The summed E-state index contributed by atoms with van der Waals surface area (Å²) < 4.78 is 10.6. The number of ether oxygens (including phenoxy) is 2. The van der Waals surface area contributed by atoms with Gasteiger partial charge in [0.25, 0.3) is 5.91 Å². The van der Waals surface area contributed by atoms with E-state index in [4.69, 9.17) is 9.47 Å². The van der Waals surface area contributed by atoms with Crippen molar-refractivity contribution in [3.63, 3.8) is 0 Å². The van der Waals surface area contributed by atoms with E-state index in [9.17, 15) is 4.79 Å². The fourth-order valence-corrected chi connectivity index (χ4v) is 2.96. The lowest BCUT2D eigenvalue weighted by atomic mass is 10.1. The molecule has 0 aliphatic carbocycles. The monoisotopic (exact) mass is 289 g/mol. The van der Waals surface area contributed by atoms with Crippen molar-refractivity contribution in [3.8, 4) is 11.5 Å². The van der Waals surface area contributed by atoms with Crippen molar-refractivity contribution in [2.45, 2.75) is 19.9 Å². The van der Waals surface area contributed by atoms with E-state index in [0.717, 1.165) is 27.5 Å². The first-order chi connectivity index (χ1) is 9.65. The Bertz CT molecular complexity index is 650. The minimum absolute atomic E-state index is 0.0392. The summed E-state index contributed by atoms with van der Waals surface area (Å²) in [6.45, 7) is 4.16. The van der Waals surface area contributed by atoms with E-state index in [-0.39, 0.29) is 18.7 Å². The van der Waals surface area contributed by atoms with Gasteiger partial charge in [-0.05, 0) is 48.6 Å². The Labute approximate surface area is 121 Å². The first-order valence-corrected chi connectivity index (χ1v) is 7.27. The highest BCUT2D eigenvalue weighted by atomic mass is 32.1. The summed E-state index contributed by atoms with van der Waals surface area (Å²) in [5.74, 6) is 1.44. The minimum Gasteiger partial charge on any atom is -0.454 e. The van der Waals surface area contributed by atoms with Gasteiger partial charge in [-0.2, -0.15) is 0 Å². The Morgan fingerprint density at radius 2 is 2.10 bits per heavy atom. The van der Waals surface area contributed by atoms with Gasteiger partial charge in [-0.3, -0.25) is 4.79 Å². The van der Waals surface area contributed by atoms with Crippen molar-refractivity contribution >= 4 is 17.2 Å². The van der Waals surface area contributed by atoms with Crippen LogP contribution < -0.4 is 14.8 Å². The van der Waals surface area contributed by atoms with Gasteiger partial charge in [0.15, 0.2) is 11.5 Å². The fraction of sp³-hybridized carbons (Fsp3) is 0.267. The number of aryl methyl sites for hydroxylation is 1. The van der Waals surface area contributed by atoms with E-state index in [1.165, 1.54) is 11.3 Å². The lowest BCUT2D eigenvalue weighted by Crippen LogP contribution is -2.26. The number of carbonyl (C=O) groups is 1. The second kappa shape index (κ2) is 5.17. The van der Waals surface area contributed by atoms with Crippen LogP contribution in [0.2, 0.25) is 0 Å². The third kappa shape index (κ3) is 2.36. The molecule has 0 bridgehead atoms. The average Bonchev–Trinajstić information content (AvgIpc) is 3.05. The van der Waals surface area contributed by atoms with E-state index in [0.29, 0.717) is 0 Å². The van der Waals surface area contributed by atoms with Gasteiger partial charge in [-0.15, -0.1) is 11.3 Å². The molecule has 0 radical (unpaired) electrons. The highest BCUT2D eigenvalue weighted by molar-refractivity contribution is 7.12. The molecule has 3 rings (SSSR count). The van der Waals surface area contributed by atoms with Gasteiger partial charge >= 0.3 is 0 Å². The molecule has 0 unspecified atom stereocenters. The van der Waals surface area contributed by atoms with Crippen LogP contribution in [0.15, 0.2) is 29.6 Å². The smallest absolute Gasteiger partial charge is 0.262 e. The molecule has 4 nitrogen and oxygen atoms in total. The number of rotatable bonds is 3. The van der Waals surface area contributed by atoms with Gasteiger partial charge in [0, 0.05) is 0 Å². The molecule has 1 aliphatic heterocycles. The number of thiophene rings is 1. The maximum absolute atomic E-state index is 12.2. The summed E-state index contributed by atoms with van der Waals surface area (Å²) in [6, 6.07) is 7.59. The largest absolute Gasteiger partial charge is 0.454 e. The molecular weight excluding hydrogens is 274 g/mol. The molecule has 1 N–H and O–H groups in total. The van der Waals surface area contributed by atoms with Crippen LogP contribution in [0.5, 0.6) is 11.5 Å². The molecule has 2 aromatic rings. The molecule has 1 atom stereocenters. The zero-order valence-corrected chi connectivity index (χ0v) is 12.1. The molecule has 1 aromatic heterocycles. The topological polar surface area (TPSA) is 47.6 Å². The van der Waals surface area contributed by atoms with E-state index in [2.05, 4.69) is 5.32 Å². The number of amides is 1. The molecule has 5 heteroatoms. The molecule has 104 valence electrons. The van der Waals surface area contributed by atoms with Crippen LogP contribution in [-0.2, 0) is 0 Å². The highest BCUT2D eigenvalue weighted by Gasteiger charge is 2.18. The first-order valence-electron chi connectivity index (χ1n) is 6.39. The fourth-order valence-electron chi connectivity index (χ4n) is 2.13. The quantitative estimate of drug-likeness (QED) is 0.943. The number of fused-ring (bicyclic) bond motifs is 1. The summed E-state index contributed by atoms with van der Waals surface area (Å²) in [5.41, 5.74) is 2.00. The minimum atomic E-state index is -0.0847. The lowest BCUT2D eigenvalue weighted by molar-refractivity contribution is 0.0943. The maximum atomic E-state index is 12.2. The van der Waals surface area contributed by atoms with Crippen LogP contribution in [0.25, 0.3) is 0 Å². The van der Waals surface area contributed by atoms with Crippen molar-refractivity contribution in [3.05, 3.63) is 45.6 Å². The van der Waals surface area contributed by atoms with Crippen molar-refractivity contribution in [2.24, 2.45) is 0 Å². The van der Waals surface area contributed by atoms with Crippen molar-refractivity contribution in [2.75, 3.05) is 6.79 Å². The molecule has 0 saturated heterocycles. The summed E-state index contributed by atoms with van der Waals surface area (Å²) in [6.07, 6.45) is 0. The van der Waals surface area contributed by atoms with Gasteiger partial charge in [0.05, 0.1) is 10.9 Å². The molecule has 0 fully saturated rings. The summed E-state index contributed by atoms with van der Waals surface area (Å²) in [4.78, 5) is 12.9. The number of benzene rings is 1. The SMILES string of the molecule is Cc1ccsc1C(=O)N[C@@H](C)c1ccc2c(c1)OCO2. The van der Waals surface area contributed by atoms with Gasteiger partial charge < -0.3 is 14.8 Å². The molecule has 0 saturated carbocycles. The van der Waals surface area contributed by atoms with Crippen molar-refractivity contribution in [1.82, 2.24) is 5.32 Å². The van der Waals surface area contributed by atoms with Crippen LogP contribution >= 0.6 is 11.3 Å². The van der Waals surface area contributed by atoms with Crippen LogP contribution in [0.4, 0.5) is 0 Å². The van der Waals surface area contributed by atoms with E-state index in [1.807, 2.05) is 43.5 Å². The van der Waals surface area contributed by atoms with Crippen LogP contribution in [-0.4, -0.2) is 12.7 Å². The first kappa shape index (κ1) is 13.0. The number of nitrogens with one attached hydrogen (secondary N) is 1. The predicted octanol–water partition coefficient (Wildman–Crippen LogP) is 3.28. The second-order valence-electron chi connectivity index (χ2n) is 4.74. The van der Waals surface area contributed by atoms with Crippen molar-refractivity contribution in [1.29, 1.82) is 0 Å². The highest BCUT2D eigenvalue weighted by Crippen LogP contribution is 2.34. The second-order valence-corrected chi connectivity index (χ2v) is 5.66. The van der Waals surface area contributed by atoms with Crippen LogP contribution in [0, 0.1) is 6.92 Å². The Morgan fingerprint density at radius 1 is 1.30 bits per heavy atom. The number of hydrogen-bond donors (Lipinski definition) is 1. The summed E-state index contributed by atoms with van der Waals surface area (Å²) in [7, 11) is 0. The molecular formula is C15H15NO3S. The van der Waals surface area contributed by atoms with Gasteiger partial charge in [-0.1, -0.05) is 6.07 Å². The van der Waals surface area contributed by atoms with Crippen molar-refractivity contribution < 1.29 is 14.3 Å². The Kier molecular flexibility index (Phi) is 3.36. The van der Waals surface area contributed by atoms with Crippen LogP contribution in [0.3, 0.4) is 0 Å². The Hall–Kier alpha value is -2.01. The molecule has 20 heavy (non-hydrogen) atoms. The molecule has 1 amide bonds. The van der Waals surface area contributed by atoms with Crippen LogP contribution in [0.1, 0.15) is 33.8 Å².